The lowest BCUT2D eigenvalue weighted by molar-refractivity contribution is 0.199. The molecular weight excluding hydrogens is 234 g/mol. The summed E-state index contributed by atoms with van der Waals surface area (Å²) in [6, 6.07) is 0.458. The van der Waals surface area contributed by atoms with Crippen LogP contribution in [0.1, 0.15) is 39.5 Å². The monoisotopic (exact) mass is 261 g/mol. The van der Waals surface area contributed by atoms with Crippen molar-refractivity contribution in [2.75, 3.05) is 26.0 Å². The molecule has 1 fully saturated rings. The molecule has 1 aliphatic carbocycles. The van der Waals surface area contributed by atoms with Gasteiger partial charge in [0.1, 0.15) is 0 Å². The number of hydrogen-bond donors (Lipinski definition) is 1. The van der Waals surface area contributed by atoms with E-state index in [1.165, 1.54) is 12.8 Å². The van der Waals surface area contributed by atoms with Gasteiger partial charge in [0.2, 0.25) is 0 Å². The third kappa shape index (κ3) is 5.06. The maximum atomic E-state index is 12.3. The molecule has 0 bridgehead atoms. The van der Waals surface area contributed by atoms with Crippen LogP contribution in [0.3, 0.4) is 0 Å². The van der Waals surface area contributed by atoms with Crippen LogP contribution >= 0.6 is 0 Å². The molecule has 0 aliphatic heterocycles. The van der Waals surface area contributed by atoms with E-state index in [0.717, 1.165) is 37.7 Å². The van der Waals surface area contributed by atoms with Gasteiger partial charge in [0, 0.05) is 36.3 Å². The van der Waals surface area contributed by atoms with Crippen LogP contribution in [0, 0.1) is 5.92 Å². The van der Waals surface area contributed by atoms with Crippen LogP contribution in [-0.2, 0) is 15.5 Å². The summed E-state index contributed by atoms with van der Waals surface area (Å²) in [6.45, 7) is 6.11. The number of rotatable bonds is 7. The van der Waals surface area contributed by atoms with Gasteiger partial charge in [-0.1, -0.05) is 13.8 Å². The highest BCUT2D eigenvalue weighted by Crippen LogP contribution is 2.27. The first-order valence-electron chi connectivity index (χ1n) is 6.78. The Bertz CT molecular complexity index is 235. The fourth-order valence-corrected chi connectivity index (χ4v) is 4.46. The van der Waals surface area contributed by atoms with Gasteiger partial charge in [0.05, 0.1) is 5.25 Å². The Labute approximate surface area is 108 Å². The molecule has 17 heavy (non-hydrogen) atoms. The summed E-state index contributed by atoms with van der Waals surface area (Å²) in [5, 5.41) is 3.85. The summed E-state index contributed by atoms with van der Waals surface area (Å²) in [7, 11) is 0.999. The first-order chi connectivity index (χ1) is 8.19. The van der Waals surface area contributed by atoms with Gasteiger partial charge in [-0.3, -0.25) is 4.21 Å². The average Bonchev–Trinajstić information content (AvgIpc) is 2.32. The molecule has 0 aromatic heterocycles. The van der Waals surface area contributed by atoms with E-state index in [4.69, 9.17) is 4.74 Å². The summed E-state index contributed by atoms with van der Waals surface area (Å²) in [4.78, 5) is 0. The summed E-state index contributed by atoms with van der Waals surface area (Å²) in [6.07, 6.45) is 4.46. The minimum absolute atomic E-state index is 0.343. The van der Waals surface area contributed by atoms with Gasteiger partial charge in [-0.2, -0.15) is 0 Å². The van der Waals surface area contributed by atoms with Crippen molar-refractivity contribution in [1.82, 2.24) is 5.32 Å². The second-order valence-corrected chi connectivity index (χ2v) is 6.83. The van der Waals surface area contributed by atoms with E-state index in [9.17, 15) is 4.21 Å². The third-order valence-corrected chi connectivity index (χ3v) is 5.44. The van der Waals surface area contributed by atoms with Crippen molar-refractivity contribution in [1.29, 1.82) is 0 Å². The van der Waals surface area contributed by atoms with Crippen LogP contribution in [0.5, 0.6) is 0 Å². The molecular formula is C13H27NO2S. The van der Waals surface area contributed by atoms with Crippen LogP contribution in [0.2, 0.25) is 0 Å². The Hall–Kier alpha value is 0.0700. The summed E-state index contributed by atoms with van der Waals surface area (Å²) >= 11 is 0. The molecule has 4 unspecified atom stereocenters. The van der Waals surface area contributed by atoms with E-state index in [1.807, 2.05) is 0 Å². The highest BCUT2D eigenvalue weighted by Gasteiger charge is 2.31. The van der Waals surface area contributed by atoms with E-state index >= 15 is 0 Å². The van der Waals surface area contributed by atoms with Gasteiger partial charge in [0.15, 0.2) is 0 Å². The molecule has 0 aromatic carbocycles. The van der Waals surface area contributed by atoms with Gasteiger partial charge in [-0.25, -0.2) is 0 Å². The minimum Gasteiger partial charge on any atom is -0.385 e. The Kier molecular flexibility index (Phi) is 7.32. The molecule has 1 N–H and O–H groups in total. The van der Waals surface area contributed by atoms with Crippen molar-refractivity contribution in [3.63, 3.8) is 0 Å². The first-order valence-corrected chi connectivity index (χ1v) is 8.16. The van der Waals surface area contributed by atoms with E-state index in [1.54, 1.807) is 7.11 Å². The molecule has 4 atom stereocenters. The van der Waals surface area contributed by atoms with Gasteiger partial charge in [0.25, 0.3) is 0 Å². The molecule has 0 heterocycles. The van der Waals surface area contributed by atoms with E-state index in [0.29, 0.717) is 11.3 Å². The Balaban J connectivity index is 2.46. The highest BCUT2D eigenvalue weighted by molar-refractivity contribution is 7.85. The largest absolute Gasteiger partial charge is 0.385 e. The number of hydrogen-bond acceptors (Lipinski definition) is 3. The summed E-state index contributed by atoms with van der Waals surface area (Å²) in [5.41, 5.74) is 0. The molecule has 0 radical (unpaired) electrons. The maximum absolute atomic E-state index is 12.3. The number of nitrogens with one attached hydrogen (secondary N) is 1. The number of methoxy groups -OCH3 is 1. The fourth-order valence-electron chi connectivity index (χ4n) is 2.61. The average molecular weight is 261 g/mol. The number of ether oxygens (including phenoxy) is 1. The predicted molar refractivity (Wildman–Crippen MR) is 73.8 cm³/mol. The molecule has 4 heteroatoms. The van der Waals surface area contributed by atoms with Crippen LogP contribution < -0.4 is 5.32 Å². The highest BCUT2D eigenvalue weighted by atomic mass is 32.2. The molecule has 0 spiro atoms. The zero-order valence-electron chi connectivity index (χ0n) is 11.4. The van der Waals surface area contributed by atoms with Gasteiger partial charge in [-0.15, -0.1) is 0 Å². The van der Waals surface area contributed by atoms with Crippen molar-refractivity contribution in [3.05, 3.63) is 0 Å². The zero-order valence-corrected chi connectivity index (χ0v) is 12.2. The molecule has 0 saturated heterocycles. The molecule has 0 aromatic rings. The predicted octanol–water partition coefficient (Wildman–Crippen LogP) is 1.94. The second-order valence-electron chi connectivity index (χ2n) is 5.05. The van der Waals surface area contributed by atoms with Gasteiger partial charge >= 0.3 is 0 Å². The molecule has 1 rings (SSSR count). The molecule has 3 nitrogen and oxygen atoms in total. The van der Waals surface area contributed by atoms with Crippen molar-refractivity contribution < 1.29 is 8.95 Å². The lowest BCUT2D eigenvalue weighted by atomic mass is 9.87. The Morgan fingerprint density at radius 1 is 1.41 bits per heavy atom. The van der Waals surface area contributed by atoms with Crippen molar-refractivity contribution >= 4 is 10.8 Å². The van der Waals surface area contributed by atoms with E-state index in [-0.39, 0.29) is 0 Å². The smallest absolute Gasteiger partial charge is 0.0503 e. The standard InChI is InChI=1S/C13H27NO2S/c1-4-14-12-7-6-11(2)10-13(12)17(15)9-5-8-16-3/h11-14H,4-10H2,1-3H3. The Morgan fingerprint density at radius 3 is 2.82 bits per heavy atom. The lowest BCUT2D eigenvalue weighted by Gasteiger charge is -2.34. The normalized spacial score (nSPS) is 31.4. The van der Waals surface area contributed by atoms with Crippen LogP contribution in [-0.4, -0.2) is 41.5 Å². The van der Waals surface area contributed by atoms with Crippen LogP contribution in [0.25, 0.3) is 0 Å². The second kappa shape index (κ2) is 8.22. The zero-order chi connectivity index (χ0) is 12.7. The van der Waals surface area contributed by atoms with Crippen molar-refractivity contribution in [3.8, 4) is 0 Å². The van der Waals surface area contributed by atoms with Crippen molar-refractivity contribution in [2.24, 2.45) is 5.92 Å². The summed E-state index contributed by atoms with van der Waals surface area (Å²) in [5.74, 6) is 1.51. The lowest BCUT2D eigenvalue weighted by Crippen LogP contribution is -2.46. The quantitative estimate of drug-likeness (QED) is 0.712. The Morgan fingerprint density at radius 2 is 2.18 bits per heavy atom. The molecule has 102 valence electrons. The van der Waals surface area contributed by atoms with E-state index in [2.05, 4.69) is 19.2 Å². The fraction of sp³-hybridized carbons (Fsp3) is 1.00. The summed E-state index contributed by atoms with van der Waals surface area (Å²) < 4.78 is 17.3. The third-order valence-electron chi connectivity index (χ3n) is 3.55. The topological polar surface area (TPSA) is 38.3 Å². The maximum Gasteiger partial charge on any atom is 0.0503 e. The minimum atomic E-state index is -0.703. The molecule has 1 aliphatic rings. The molecule has 0 amide bonds. The van der Waals surface area contributed by atoms with Crippen LogP contribution in [0.15, 0.2) is 0 Å². The molecule has 1 saturated carbocycles. The van der Waals surface area contributed by atoms with Gasteiger partial charge in [-0.05, 0) is 38.1 Å². The van der Waals surface area contributed by atoms with E-state index < -0.39 is 10.8 Å². The SMILES string of the molecule is CCNC1CCC(C)CC1S(=O)CCCOC. The van der Waals surface area contributed by atoms with Gasteiger partial charge < -0.3 is 10.1 Å². The first kappa shape index (κ1) is 15.1. The van der Waals surface area contributed by atoms with Crippen LogP contribution in [0.4, 0.5) is 0 Å². The van der Waals surface area contributed by atoms with Crippen molar-refractivity contribution in [2.45, 2.75) is 50.8 Å².